The van der Waals surface area contributed by atoms with E-state index in [1.807, 2.05) is 18.4 Å². The molecule has 0 bridgehead atoms. The van der Waals surface area contributed by atoms with Crippen molar-refractivity contribution in [2.75, 3.05) is 17.3 Å². The van der Waals surface area contributed by atoms with E-state index in [4.69, 9.17) is 10.8 Å². The fourth-order valence-electron chi connectivity index (χ4n) is 1.38. The first-order valence-electron chi connectivity index (χ1n) is 5.43. The van der Waals surface area contributed by atoms with Crippen molar-refractivity contribution in [2.24, 2.45) is 5.73 Å². The minimum absolute atomic E-state index is 0.101. The number of rotatable bonds is 6. The molecule has 0 aromatic heterocycles. The van der Waals surface area contributed by atoms with Gasteiger partial charge in [0.05, 0.1) is 12.6 Å². The number of nitrogens with one attached hydrogen (secondary N) is 1. The molecule has 4 N–H and O–H groups in total. The number of amides is 1. The van der Waals surface area contributed by atoms with E-state index in [1.165, 1.54) is 0 Å². The van der Waals surface area contributed by atoms with E-state index in [1.54, 1.807) is 23.9 Å². The van der Waals surface area contributed by atoms with Gasteiger partial charge in [0.15, 0.2) is 0 Å². The molecule has 0 aliphatic rings. The zero-order valence-electron chi connectivity index (χ0n) is 9.85. The molecule has 5 heteroatoms. The summed E-state index contributed by atoms with van der Waals surface area (Å²) in [5.74, 6) is 0.649. The molecule has 0 saturated heterocycles. The number of anilines is 1. The van der Waals surface area contributed by atoms with Gasteiger partial charge in [-0.15, -0.1) is 0 Å². The minimum atomic E-state index is -0.505. The number of nitrogens with two attached hydrogens (primary N) is 1. The van der Waals surface area contributed by atoms with Crippen LogP contribution in [0.3, 0.4) is 0 Å². The van der Waals surface area contributed by atoms with Crippen molar-refractivity contribution in [3.8, 4) is 0 Å². The normalized spacial score (nSPS) is 12.2. The van der Waals surface area contributed by atoms with Crippen LogP contribution in [-0.4, -0.2) is 29.1 Å². The summed E-state index contributed by atoms with van der Waals surface area (Å²) in [7, 11) is 0. The molecule has 1 amide bonds. The number of para-hydroxylation sites is 1. The lowest BCUT2D eigenvalue weighted by atomic mass is 10.1. The van der Waals surface area contributed by atoms with Crippen molar-refractivity contribution in [1.82, 2.24) is 0 Å². The number of benzene rings is 1. The zero-order chi connectivity index (χ0) is 12.7. The topological polar surface area (TPSA) is 75.4 Å². The van der Waals surface area contributed by atoms with Crippen LogP contribution in [0.15, 0.2) is 24.3 Å². The SMILES string of the molecule is CSCC[C@@H](N)C(=O)Nc1ccccc1CO. The molecule has 1 aromatic rings. The second-order valence-corrected chi connectivity index (χ2v) is 4.68. The summed E-state index contributed by atoms with van der Waals surface area (Å²) in [5.41, 5.74) is 7.07. The van der Waals surface area contributed by atoms with E-state index in [0.717, 1.165) is 5.75 Å². The molecule has 0 fully saturated rings. The Hall–Kier alpha value is -1.04. The molecule has 0 radical (unpaired) electrons. The van der Waals surface area contributed by atoms with Gasteiger partial charge in [-0.3, -0.25) is 4.79 Å². The predicted molar refractivity (Wildman–Crippen MR) is 72.0 cm³/mol. The Morgan fingerprint density at radius 1 is 1.53 bits per heavy atom. The fraction of sp³-hybridized carbons (Fsp3) is 0.417. The summed E-state index contributed by atoms with van der Waals surface area (Å²) >= 11 is 1.66. The van der Waals surface area contributed by atoms with Gasteiger partial charge >= 0.3 is 0 Å². The van der Waals surface area contributed by atoms with Gasteiger partial charge in [0.1, 0.15) is 0 Å². The van der Waals surface area contributed by atoms with E-state index >= 15 is 0 Å². The average Bonchev–Trinajstić information content (AvgIpc) is 2.36. The summed E-state index contributed by atoms with van der Waals surface area (Å²) in [5, 5.41) is 11.9. The highest BCUT2D eigenvalue weighted by atomic mass is 32.2. The Morgan fingerprint density at radius 2 is 2.24 bits per heavy atom. The Morgan fingerprint density at radius 3 is 2.88 bits per heavy atom. The van der Waals surface area contributed by atoms with E-state index in [9.17, 15) is 4.79 Å². The second kappa shape index (κ2) is 7.32. The molecule has 1 atom stereocenters. The van der Waals surface area contributed by atoms with Gasteiger partial charge in [-0.1, -0.05) is 18.2 Å². The van der Waals surface area contributed by atoms with Gasteiger partial charge in [0, 0.05) is 11.3 Å². The van der Waals surface area contributed by atoms with E-state index in [0.29, 0.717) is 17.7 Å². The van der Waals surface area contributed by atoms with Crippen molar-refractivity contribution in [2.45, 2.75) is 19.1 Å². The van der Waals surface area contributed by atoms with E-state index in [-0.39, 0.29) is 12.5 Å². The summed E-state index contributed by atoms with van der Waals surface area (Å²) in [4.78, 5) is 11.8. The van der Waals surface area contributed by atoms with Gasteiger partial charge in [0.25, 0.3) is 0 Å². The number of carbonyl (C=O) groups excluding carboxylic acids is 1. The smallest absolute Gasteiger partial charge is 0.241 e. The minimum Gasteiger partial charge on any atom is -0.392 e. The van der Waals surface area contributed by atoms with Crippen molar-refractivity contribution in [3.63, 3.8) is 0 Å². The second-order valence-electron chi connectivity index (χ2n) is 3.69. The lowest BCUT2D eigenvalue weighted by Crippen LogP contribution is -2.36. The Bertz CT molecular complexity index is 371. The molecule has 0 aliphatic carbocycles. The molecule has 0 unspecified atom stereocenters. The number of hydrogen-bond donors (Lipinski definition) is 3. The Labute approximate surface area is 106 Å². The van der Waals surface area contributed by atoms with Crippen LogP contribution in [0.25, 0.3) is 0 Å². The lowest BCUT2D eigenvalue weighted by Gasteiger charge is -2.13. The van der Waals surface area contributed by atoms with Crippen LogP contribution in [0.1, 0.15) is 12.0 Å². The maximum Gasteiger partial charge on any atom is 0.241 e. The third kappa shape index (κ3) is 4.38. The molecule has 94 valence electrons. The van der Waals surface area contributed by atoms with Gasteiger partial charge in [-0.2, -0.15) is 11.8 Å². The van der Waals surface area contributed by atoms with Crippen LogP contribution < -0.4 is 11.1 Å². The Kier molecular flexibility index (Phi) is 6.04. The summed E-state index contributed by atoms with van der Waals surface area (Å²) in [6.07, 6.45) is 2.62. The van der Waals surface area contributed by atoms with Crippen LogP contribution in [0.4, 0.5) is 5.69 Å². The van der Waals surface area contributed by atoms with Gasteiger partial charge < -0.3 is 16.2 Å². The lowest BCUT2D eigenvalue weighted by molar-refractivity contribution is -0.117. The number of hydrogen-bond acceptors (Lipinski definition) is 4. The van der Waals surface area contributed by atoms with E-state index < -0.39 is 6.04 Å². The third-order valence-corrected chi connectivity index (χ3v) is 3.06. The molecular weight excluding hydrogens is 236 g/mol. The molecular formula is C12H18N2O2S. The zero-order valence-corrected chi connectivity index (χ0v) is 10.7. The highest BCUT2D eigenvalue weighted by Crippen LogP contribution is 2.15. The summed E-state index contributed by atoms with van der Waals surface area (Å²) in [6, 6.07) is 6.64. The maximum absolute atomic E-state index is 11.8. The first-order valence-corrected chi connectivity index (χ1v) is 6.82. The molecule has 0 heterocycles. The molecule has 0 spiro atoms. The van der Waals surface area contributed by atoms with Crippen molar-refractivity contribution in [1.29, 1.82) is 0 Å². The fourth-order valence-corrected chi connectivity index (χ4v) is 1.87. The quantitative estimate of drug-likeness (QED) is 0.713. The Balaban J connectivity index is 2.61. The molecule has 4 nitrogen and oxygen atoms in total. The van der Waals surface area contributed by atoms with Gasteiger partial charge in [-0.05, 0) is 24.5 Å². The number of thioether (sulfide) groups is 1. The maximum atomic E-state index is 11.8. The van der Waals surface area contributed by atoms with Crippen LogP contribution in [0.5, 0.6) is 0 Å². The third-order valence-electron chi connectivity index (χ3n) is 2.42. The first kappa shape index (κ1) is 14.0. The molecule has 17 heavy (non-hydrogen) atoms. The van der Waals surface area contributed by atoms with Crippen LogP contribution in [0.2, 0.25) is 0 Å². The number of aliphatic hydroxyl groups is 1. The first-order chi connectivity index (χ1) is 8.19. The number of carbonyl (C=O) groups is 1. The predicted octanol–water partition coefficient (Wildman–Crippen LogP) is 1.20. The molecule has 1 rings (SSSR count). The largest absolute Gasteiger partial charge is 0.392 e. The standard InChI is InChI=1S/C12H18N2O2S/c1-17-7-6-10(13)12(16)14-11-5-3-2-4-9(11)8-15/h2-5,10,15H,6-8,13H2,1H3,(H,14,16)/t10-/m1/s1. The molecule has 0 saturated carbocycles. The molecule has 1 aromatic carbocycles. The van der Waals surface area contributed by atoms with Crippen molar-refractivity contribution >= 4 is 23.4 Å². The van der Waals surface area contributed by atoms with Crippen LogP contribution in [0, 0.1) is 0 Å². The van der Waals surface area contributed by atoms with Gasteiger partial charge in [-0.25, -0.2) is 0 Å². The van der Waals surface area contributed by atoms with Crippen LogP contribution >= 0.6 is 11.8 Å². The van der Waals surface area contributed by atoms with Crippen molar-refractivity contribution in [3.05, 3.63) is 29.8 Å². The van der Waals surface area contributed by atoms with E-state index in [2.05, 4.69) is 5.32 Å². The van der Waals surface area contributed by atoms with Gasteiger partial charge in [0.2, 0.25) is 5.91 Å². The average molecular weight is 254 g/mol. The number of aliphatic hydroxyl groups excluding tert-OH is 1. The summed E-state index contributed by atoms with van der Waals surface area (Å²) < 4.78 is 0. The highest BCUT2D eigenvalue weighted by molar-refractivity contribution is 7.98. The van der Waals surface area contributed by atoms with Crippen molar-refractivity contribution < 1.29 is 9.90 Å². The summed E-state index contributed by atoms with van der Waals surface area (Å²) in [6.45, 7) is -0.101. The van der Waals surface area contributed by atoms with Crippen LogP contribution in [-0.2, 0) is 11.4 Å². The highest BCUT2D eigenvalue weighted by Gasteiger charge is 2.14. The monoisotopic (exact) mass is 254 g/mol. The molecule has 0 aliphatic heterocycles.